The monoisotopic (exact) mass is 578 g/mol. The minimum Gasteiger partial charge on any atom is -0.120 e. The lowest BCUT2D eigenvalue weighted by atomic mass is 9.78. The van der Waals surface area contributed by atoms with Crippen molar-refractivity contribution in [3.63, 3.8) is 0 Å². The van der Waals surface area contributed by atoms with Crippen molar-refractivity contribution in [3.05, 3.63) is 148 Å². The molecule has 0 bridgehead atoms. The molecule has 6 aromatic carbocycles. The Morgan fingerprint density at radius 3 is 2.04 bits per heavy atom. The van der Waals surface area contributed by atoms with Gasteiger partial charge in [-0.15, -0.1) is 5.73 Å². The molecule has 0 aliphatic heterocycles. The first kappa shape index (κ1) is 26.7. The molecule has 0 fully saturated rings. The lowest BCUT2D eigenvalue weighted by Crippen LogP contribution is -2.16. The van der Waals surface area contributed by atoms with Crippen molar-refractivity contribution < 1.29 is 0 Å². The fourth-order valence-corrected chi connectivity index (χ4v) is 8.60. The van der Waals surface area contributed by atoms with Crippen LogP contribution in [0.4, 0.5) is 0 Å². The van der Waals surface area contributed by atoms with Crippen LogP contribution in [0.25, 0.3) is 54.6 Å². The Morgan fingerprint density at radius 2 is 1.29 bits per heavy atom. The van der Waals surface area contributed by atoms with Gasteiger partial charge in [0.25, 0.3) is 0 Å². The second-order valence-electron chi connectivity index (χ2n) is 15.6. The van der Waals surface area contributed by atoms with Crippen LogP contribution in [0.2, 0.25) is 0 Å². The topological polar surface area (TPSA) is 0 Å². The fraction of sp³-hybridized carbons (Fsp3) is 0.222. The predicted octanol–water partition coefficient (Wildman–Crippen LogP) is 12.0. The highest BCUT2D eigenvalue weighted by molar-refractivity contribution is 6.26. The Bertz CT molecular complexity index is 2400. The van der Waals surface area contributed by atoms with Crippen LogP contribution in [0, 0.1) is 0 Å². The second kappa shape index (κ2) is 8.54. The molecule has 0 radical (unpaired) electrons. The Kier molecular flexibility index (Phi) is 5.07. The molecule has 0 heterocycles. The molecule has 0 spiro atoms. The Balaban J connectivity index is 1.25. The van der Waals surface area contributed by atoms with Crippen molar-refractivity contribution >= 4 is 43.5 Å². The maximum Gasteiger partial charge on any atom is 0.0159 e. The van der Waals surface area contributed by atoms with Gasteiger partial charge in [-0.05, 0) is 129 Å². The number of hydrogen-bond acceptors (Lipinski definition) is 0. The van der Waals surface area contributed by atoms with Gasteiger partial charge in [-0.1, -0.05) is 121 Å². The van der Waals surface area contributed by atoms with Gasteiger partial charge in [-0.25, -0.2) is 0 Å². The molecule has 0 heteroatoms. The summed E-state index contributed by atoms with van der Waals surface area (Å²) in [6.07, 6.45) is 6.88. The minimum absolute atomic E-state index is 0.0234. The Morgan fingerprint density at radius 1 is 0.600 bits per heavy atom. The molecule has 0 N–H and O–H groups in total. The van der Waals surface area contributed by atoms with Gasteiger partial charge in [0.1, 0.15) is 0 Å². The van der Waals surface area contributed by atoms with Crippen molar-refractivity contribution in [1.82, 2.24) is 0 Å². The molecule has 6 aromatic rings. The molecule has 218 valence electrons. The first-order valence-electron chi connectivity index (χ1n) is 16.4. The van der Waals surface area contributed by atoms with Crippen LogP contribution in [0.3, 0.4) is 0 Å². The van der Waals surface area contributed by atoms with E-state index in [2.05, 4.69) is 157 Å². The molecular formula is C45H38. The SMILES string of the molecule is CC(C)(C)c1cc2ccc3cc4c(c5ccc(c1)c2c35)C1=C(C=C(c2ccc3c(c2)C(C)(C)c2ccccc2-3)C=C=C1)C4(C)C. The molecule has 0 aromatic heterocycles. The van der Waals surface area contributed by atoms with E-state index >= 15 is 0 Å². The third-order valence-corrected chi connectivity index (χ3v) is 11.2. The third-order valence-electron chi connectivity index (χ3n) is 11.2. The molecule has 45 heavy (non-hydrogen) atoms. The number of rotatable bonds is 1. The van der Waals surface area contributed by atoms with Gasteiger partial charge < -0.3 is 0 Å². The normalized spacial score (nSPS) is 17.5. The minimum atomic E-state index is -0.137. The summed E-state index contributed by atoms with van der Waals surface area (Å²) in [4.78, 5) is 0. The van der Waals surface area contributed by atoms with E-state index in [0.717, 1.165) is 0 Å². The standard InChI is InChI=1S/C45H38/c1-43(2,3)31-21-28-15-16-30-25-39-42(35-20-18-29(22-31)40(28)41(30)35)34-13-10-11-26(23-38(34)45(39,6)7)27-17-19-33-32-12-8-9-14-36(32)44(4,5)37(33)24-27/h8-9,11-25H,1-7H3. The molecule has 0 amide bonds. The number of benzene rings is 6. The van der Waals surface area contributed by atoms with E-state index in [1.807, 2.05) is 0 Å². The average molecular weight is 579 g/mol. The molecule has 0 nitrogen and oxygen atoms in total. The van der Waals surface area contributed by atoms with Gasteiger partial charge in [0, 0.05) is 10.8 Å². The van der Waals surface area contributed by atoms with Crippen molar-refractivity contribution in [2.75, 3.05) is 0 Å². The zero-order valence-electron chi connectivity index (χ0n) is 27.3. The molecule has 3 aliphatic carbocycles. The lowest BCUT2D eigenvalue weighted by molar-refractivity contribution is 0.591. The molecular weight excluding hydrogens is 540 g/mol. The summed E-state index contributed by atoms with van der Waals surface area (Å²) in [5.74, 6) is 0. The van der Waals surface area contributed by atoms with Gasteiger partial charge in [0.2, 0.25) is 0 Å². The summed E-state index contributed by atoms with van der Waals surface area (Å²) in [5, 5.41) is 8.14. The van der Waals surface area contributed by atoms with Gasteiger partial charge in [-0.3, -0.25) is 0 Å². The van der Waals surface area contributed by atoms with Crippen LogP contribution >= 0.6 is 0 Å². The summed E-state index contributed by atoms with van der Waals surface area (Å²) < 4.78 is 0. The van der Waals surface area contributed by atoms with Crippen molar-refractivity contribution in [2.45, 2.75) is 64.7 Å². The van der Waals surface area contributed by atoms with Crippen molar-refractivity contribution in [1.29, 1.82) is 0 Å². The van der Waals surface area contributed by atoms with E-state index in [0.29, 0.717) is 0 Å². The smallest absolute Gasteiger partial charge is 0.0159 e. The number of fused-ring (bicyclic) bond motifs is 6. The molecule has 9 rings (SSSR count). The summed E-state index contributed by atoms with van der Waals surface area (Å²) in [6.45, 7) is 16.4. The zero-order chi connectivity index (χ0) is 31.0. The average Bonchev–Trinajstić information content (AvgIpc) is 3.23. The van der Waals surface area contributed by atoms with Gasteiger partial charge >= 0.3 is 0 Å². The van der Waals surface area contributed by atoms with Crippen molar-refractivity contribution in [3.8, 4) is 11.1 Å². The Labute approximate surface area is 266 Å². The first-order chi connectivity index (χ1) is 21.4. The summed E-state index contributed by atoms with van der Waals surface area (Å²) in [6, 6.07) is 32.7. The first-order valence-corrected chi connectivity index (χ1v) is 16.4. The largest absolute Gasteiger partial charge is 0.120 e. The molecule has 0 atom stereocenters. The zero-order valence-corrected chi connectivity index (χ0v) is 27.3. The summed E-state index contributed by atoms with van der Waals surface area (Å²) >= 11 is 0. The van der Waals surface area contributed by atoms with Gasteiger partial charge in [0.05, 0.1) is 0 Å². The van der Waals surface area contributed by atoms with E-state index in [9.17, 15) is 0 Å². The molecule has 0 unspecified atom stereocenters. The van der Waals surface area contributed by atoms with E-state index in [1.165, 1.54) is 93.5 Å². The summed E-state index contributed by atoms with van der Waals surface area (Å²) in [7, 11) is 0. The fourth-order valence-electron chi connectivity index (χ4n) is 8.60. The van der Waals surface area contributed by atoms with Crippen LogP contribution in [0.1, 0.15) is 81.8 Å². The van der Waals surface area contributed by atoms with E-state index in [-0.39, 0.29) is 16.2 Å². The maximum atomic E-state index is 3.63. The molecule has 0 saturated carbocycles. The van der Waals surface area contributed by atoms with E-state index < -0.39 is 0 Å². The van der Waals surface area contributed by atoms with Gasteiger partial charge in [0.15, 0.2) is 0 Å². The molecule has 3 aliphatic rings. The van der Waals surface area contributed by atoms with Crippen LogP contribution in [0.5, 0.6) is 0 Å². The highest BCUT2D eigenvalue weighted by atomic mass is 14.4. The highest BCUT2D eigenvalue weighted by Gasteiger charge is 2.39. The number of hydrogen-bond donors (Lipinski definition) is 0. The van der Waals surface area contributed by atoms with E-state index in [4.69, 9.17) is 0 Å². The second-order valence-corrected chi connectivity index (χ2v) is 15.6. The van der Waals surface area contributed by atoms with Crippen LogP contribution in [-0.4, -0.2) is 0 Å². The quantitative estimate of drug-likeness (QED) is 0.134. The van der Waals surface area contributed by atoms with Crippen LogP contribution in [-0.2, 0) is 16.2 Å². The maximum absolute atomic E-state index is 3.63. The van der Waals surface area contributed by atoms with Crippen LogP contribution in [0.15, 0.2) is 114 Å². The van der Waals surface area contributed by atoms with E-state index in [1.54, 1.807) is 0 Å². The predicted molar refractivity (Wildman–Crippen MR) is 193 cm³/mol. The summed E-state index contributed by atoms with van der Waals surface area (Å²) in [5.41, 5.74) is 18.5. The number of allylic oxidation sites excluding steroid dienone is 5. The lowest BCUT2D eigenvalue weighted by Gasteiger charge is -2.25. The van der Waals surface area contributed by atoms with Gasteiger partial charge in [-0.2, -0.15) is 0 Å². The Hall–Kier alpha value is -4.64. The van der Waals surface area contributed by atoms with Crippen molar-refractivity contribution in [2.24, 2.45) is 0 Å². The van der Waals surface area contributed by atoms with Crippen LogP contribution < -0.4 is 0 Å². The highest BCUT2D eigenvalue weighted by Crippen LogP contribution is 2.54. The molecule has 0 saturated heterocycles. The third kappa shape index (κ3) is 3.50.